The Morgan fingerprint density at radius 3 is 3.06 bits per heavy atom. The molecule has 0 saturated carbocycles. The van der Waals surface area contributed by atoms with Gasteiger partial charge in [-0.2, -0.15) is 15.4 Å². The highest BCUT2D eigenvalue weighted by Crippen LogP contribution is 2.10. The fourth-order valence-electron chi connectivity index (χ4n) is 1.50. The van der Waals surface area contributed by atoms with Crippen LogP contribution in [0.3, 0.4) is 0 Å². The fraction of sp³-hybridized carbons (Fsp3) is 0.500. The Morgan fingerprint density at radius 1 is 1.62 bits per heavy atom. The van der Waals surface area contributed by atoms with Gasteiger partial charge in [-0.3, -0.25) is 4.79 Å². The molecule has 2 N–H and O–H groups in total. The first-order valence-electron chi connectivity index (χ1n) is 4.67. The molecular formula is C8H10N4O4. The molecule has 8 heteroatoms. The number of hydrogen-bond acceptors (Lipinski definition) is 5. The first-order valence-corrected chi connectivity index (χ1v) is 4.67. The van der Waals surface area contributed by atoms with Crippen LogP contribution in [0.4, 0.5) is 0 Å². The normalized spacial score (nSPS) is 20.8. The van der Waals surface area contributed by atoms with Crippen molar-refractivity contribution in [2.45, 2.75) is 6.04 Å². The SMILES string of the molecule is O=C(O)C1COCCN1C(=O)c1cn[nH]n1. The quantitative estimate of drug-likeness (QED) is 0.650. The van der Waals surface area contributed by atoms with Crippen LogP contribution in [0.1, 0.15) is 10.5 Å². The highest BCUT2D eigenvalue weighted by atomic mass is 16.5. The van der Waals surface area contributed by atoms with Gasteiger partial charge in [0.1, 0.15) is 0 Å². The maximum absolute atomic E-state index is 11.9. The maximum atomic E-state index is 11.9. The third-order valence-corrected chi connectivity index (χ3v) is 2.31. The lowest BCUT2D eigenvalue weighted by Gasteiger charge is -2.32. The standard InChI is InChI=1S/C8H10N4O4/c13-7(5-3-9-11-10-5)12-1-2-16-4-6(12)8(14)15/h3,6H,1-2,4H2,(H,14,15)(H,9,10,11). The van der Waals surface area contributed by atoms with Gasteiger partial charge in [-0.15, -0.1) is 0 Å². The number of carboxylic acids is 1. The van der Waals surface area contributed by atoms with Crippen molar-refractivity contribution in [3.63, 3.8) is 0 Å². The van der Waals surface area contributed by atoms with Crippen LogP contribution >= 0.6 is 0 Å². The molecule has 1 amide bonds. The van der Waals surface area contributed by atoms with Crippen molar-refractivity contribution in [2.75, 3.05) is 19.8 Å². The van der Waals surface area contributed by atoms with Crippen molar-refractivity contribution < 1.29 is 19.4 Å². The summed E-state index contributed by atoms with van der Waals surface area (Å²) in [5, 5.41) is 18.4. The van der Waals surface area contributed by atoms with Crippen LogP contribution in [0.15, 0.2) is 6.20 Å². The number of carboxylic acid groups (broad SMARTS) is 1. The van der Waals surface area contributed by atoms with E-state index in [-0.39, 0.29) is 18.8 Å². The smallest absolute Gasteiger partial charge is 0.328 e. The first-order chi connectivity index (χ1) is 7.70. The minimum Gasteiger partial charge on any atom is -0.480 e. The zero-order valence-corrected chi connectivity index (χ0v) is 8.29. The molecule has 0 aromatic carbocycles. The van der Waals surface area contributed by atoms with Crippen LogP contribution in [-0.2, 0) is 9.53 Å². The van der Waals surface area contributed by atoms with E-state index in [1.165, 1.54) is 11.1 Å². The van der Waals surface area contributed by atoms with E-state index in [0.29, 0.717) is 6.61 Å². The minimum absolute atomic E-state index is 0.00107. The van der Waals surface area contributed by atoms with Gasteiger partial charge in [0, 0.05) is 6.54 Å². The van der Waals surface area contributed by atoms with E-state index >= 15 is 0 Å². The summed E-state index contributed by atoms with van der Waals surface area (Å²) in [7, 11) is 0. The fourth-order valence-corrected chi connectivity index (χ4v) is 1.50. The van der Waals surface area contributed by atoms with Crippen LogP contribution in [0.5, 0.6) is 0 Å². The molecule has 0 spiro atoms. The molecule has 1 aliphatic rings. The average Bonchev–Trinajstić information content (AvgIpc) is 2.81. The number of hydrogen-bond donors (Lipinski definition) is 2. The van der Waals surface area contributed by atoms with E-state index in [4.69, 9.17) is 9.84 Å². The number of rotatable bonds is 2. The number of carbonyl (C=O) groups is 2. The molecule has 1 atom stereocenters. The summed E-state index contributed by atoms with van der Waals surface area (Å²) in [5.74, 6) is -1.54. The summed E-state index contributed by atoms with van der Waals surface area (Å²) in [6.45, 7) is 0.564. The van der Waals surface area contributed by atoms with Gasteiger partial charge in [0.15, 0.2) is 11.7 Å². The summed E-state index contributed by atoms with van der Waals surface area (Å²) in [6, 6.07) is -0.960. The van der Waals surface area contributed by atoms with Crippen molar-refractivity contribution in [1.82, 2.24) is 20.3 Å². The first kappa shape index (κ1) is 10.6. The zero-order valence-electron chi connectivity index (χ0n) is 8.29. The van der Waals surface area contributed by atoms with Crippen molar-refractivity contribution in [3.05, 3.63) is 11.9 Å². The molecule has 0 aliphatic carbocycles. The van der Waals surface area contributed by atoms with Crippen LogP contribution in [0, 0.1) is 0 Å². The summed E-state index contributed by atoms with van der Waals surface area (Å²) in [6.07, 6.45) is 1.26. The number of ether oxygens (including phenoxy) is 1. The van der Waals surface area contributed by atoms with Gasteiger partial charge in [-0.05, 0) is 0 Å². The molecule has 1 aromatic rings. The Labute approximate surface area is 90.2 Å². The molecule has 8 nitrogen and oxygen atoms in total. The van der Waals surface area contributed by atoms with Crippen molar-refractivity contribution >= 4 is 11.9 Å². The highest BCUT2D eigenvalue weighted by Gasteiger charge is 2.34. The van der Waals surface area contributed by atoms with E-state index in [1.807, 2.05) is 0 Å². The molecule has 1 aliphatic heterocycles. The molecule has 1 saturated heterocycles. The lowest BCUT2D eigenvalue weighted by atomic mass is 10.2. The number of carbonyl (C=O) groups excluding carboxylic acids is 1. The number of H-pyrrole nitrogens is 1. The van der Waals surface area contributed by atoms with E-state index in [9.17, 15) is 9.59 Å². The van der Waals surface area contributed by atoms with Crippen LogP contribution < -0.4 is 0 Å². The molecular weight excluding hydrogens is 216 g/mol. The monoisotopic (exact) mass is 226 g/mol. The number of aliphatic carboxylic acids is 1. The van der Waals surface area contributed by atoms with Gasteiger partial charge >= 0.3 is 5.97 Å². The molecule has 0 radical (unpaired) electrons. The van der Waals surface area contributed by atoms with E-state index in [1.54, 1.807) is 0 Å². The number of morpholine rings is 1. The lowest BCUT2D eigenvalue weighted by molar-refractivity contribution is -0.147. The highest BCUT2D eigenvalue weighted by molar-refractivity contribution is 5.94. The van der Waals surface area contributed by atoms with Gasteiger partial charge < -0.3 is 14.7 Å². The third-order valence-electron chi connectivity index (χ3n) is 2.31. The number of nitrogens with one attached hydrogen (secondary N) is 1. The number of aromatic amines is 1. The van der Waals surface area contributed by atoms with Gasteiger partial charge in [-0.25, -0.2) is 4.79 Å². The lowest BCUT2D eigenvalue weighted by Crippen LogP contribution is -2.52. The molecule has 1 fully saturated rings. The molecule has 2 heterocycles. The second-order valence-electron chi connectivity index (χ2n) is 3.28. The summed E-state index contributed by atoms with van der Waals surface area (Å²) >= 11 is 0. The zero-order chi connectivity index (χ0) is 11.5. The molecule has 1 unspecified atom stereocenters. The third kappa shape index (κ3) is 1.87. The second-order valence-corrected chi connectivity index (χ2v) is 3.28. The summed E-state index contributed by atoms with van der Waals surface area (Å²) in [5.41, 5.74) is 0.105. The van der Waals surface area contributed by atoms with Gasteiger partial charge in [-0.1, -0.05) is 0 Å². The average molecular weight is 226 g/mol. The van der Waals surface area contributed by atoms with Gasteiger partial charge in [0.25, 0.3) is 5.91 Å². The Hall–Kier alpha value is -1.96. The Bertz CT molecular complexity index is 391. The Balaban J connectivity index is 2.17. The molecule has 2 rings (SSSR count). The van der Waals surface area contributed by atoms with E-state index in [2.05, 4.69) is 15.4 Å². The maximum Gasteiger partial charge on any atom is 0.328 e. The predicted molar refractivity (Wildman–Crippen MR) is 49.7 cm³/mol. The Morgan fingerprint density at radius 2 is 2.44 bits per heavy atom. The van der Waals surface area contributed by atoms with Crippen LogP contribution in [0.25, 0.3) is 0 Å². The van der Waals surface area contributed by atoms with Crippen LogP contribution in [-0.4, -0.2) is 63.1 Å². The molecule has 16 heavy (non-hydrogen) atoms. The second kappa shape index (κ2) is 4.27. The van der Waals surface area contributed by atoms with Crippen molar-refractivity contribution in [3.8, 4) is 0 Å². The minimum atomic E-state index is -1.09. The molecule has 1 aromatic heterocycles. The van der Waals surface area contributed by atoms with Gasteiger partial charge in [0.2, 0.25) is 0 Å². The molecule has 0 bridgehead atoms. The topological polar surface area (TPSA) is 108 Å². The van der Waals surface area contributed by atoms with E-state index in [0.717, 1.165) is 0 Å². The predicted octanol–water partition coefficient (Wildman–Crippen LogP) is -1.27. The number of amides is 1. The Kier molecular flexibility index (Phi) is 2.82. The van der Waals surface area contributed by atoms with Crippen molar-refractivity contribution in [2.24, 2.45) is 0 Å². The van der Waals surface area contributed by atoms with Crippen LogP contribution in [0.2, 0.25) is 0 Å². The summed E-state index contributed by atoms with van der Waals surface area (Å²) in [4.78, 5) is 24.0. The largest absolute Gasteiger partial charge is 0.480 e. The van der Waals surface area contributed by atoms with E-state index < -0.39 is 17.9 Å². The molecule has 86 valence electrons. The van der Waals surface area contributed by atoms with Crippen molar-refractivity contribution in [1.29, 1.82) is 0 Å². The number of nitrogens with zero attached hydrogens (tertiary/aromatic N) is 3. The summed E-state index contributed by atoms with van der Waals surface area (Å²) < 4.78 is 5.02. The van der Waals surface area contributed by atoms with Gasteiger partial charge in [0.05, 0.1) is 19.4 Å². The number of aromatic nitrogens is 3.